The van der Waals surface area contributed by atoms with Crippen LogP contribution in [0.5, 0.6) is 0 Å². The lowest BCUT2D eigenvalue weighted by atomic mass is 10.1. The molecular formula is C12H15IO2. The van der Waals surface area contributed by atoms with Crippen LogP contribution in [-0.4, -0.2) is 22.2 Å². The summed E-state index contributed by atoms with van der Waals surface area (Å²) in [5.41, 5.74) is 2.74. The van der Waals surface area contributed by atoms with Crippen molar-refractivity contribution in [3.05, 3.63) is 35.4 Å². The maximum atomic E-state index is 8.72. The molecule has 1 aliphatic rings. The van der Waals surface area contributed by atoms with E-state index in [4.69, 9.17) is 9.84 Å². The van der Waals surface area contributed by atoms with Gasteiger partial charge in [-0.05, 0) is 24.0 Å². The molecule has 0 fully saturated rings. The minimum atomic E-state index is 0.209. The quantitative estimate of drug-likeness (QED) is 0.525. The molecule has 0 aromatic heterocycles. The molecule has 0 saturated carbocycles. The van der Waals surface area contributed by atoms with Gasteiger partial charge < -0.3 is 9.84 Å². The minimum absolute atomic E-state index is 0.209. The molecule has 0 saturated heterocycles. The second-order valence-corrected chi connectivity index (χ2v) is 5.39. The first-order chi connectivity index (χ1) is 7.33. The molecule has 0 unspecified atom stereocenters. The molecule has 0 radical (unpaired) electrons. The molecule has 1 aliphatic carbocycles. The second-order valence-electron chi connectivity index (χ2n) is 3.79. The van der Waals surface area contributed by atoms with Crippen LogP contribution in [0.4, 0.5) is 0 Å². The Balaban J connectivity index is 2.05. The first-order valence-electron chi connectivity index (χ1n) is 5.27. The van der Waals surface area contributed by atoms with Gasteiger partial charge in [0.2, 0.25) is 0 Å². The average molecular weight is 318 g/mol. The Hall–Kier alpha value is -0.130. The Labute approximate surface area is 104 Å². The number of aliphatic hydroxyl groups is 1. The number of ether oxygens (including phenoxy) is 1. The Morgan fingerprint density at radius 1 is 1.40 bits per heavy atom. The largest absolute Gasteiger partial charge is 0.396 e. The molecule has 2 nitrogen and oxygen atoms in total. The molecule has 0 bridgehead atoms. The van der Waals surface area contributed by atoms with Crippen LogP contribution >= 0.6 is 22.6 Å². The molecule has 15 heavy (non-hydrogen) atoms. The van der Waals surface area contributed by atoms with Crippen LogP contribution in [0.1, 0.15) is 23.7 Å². The highest BCUT2D eigenvalue weighted by molar-refractivity contribution is 14.1. The van der Waals surface area contributed by atoms with Crippen molar-refractivity contribution in [1.82, 2.24) is 0 Å². The second kappa shape index (κ2) is 5.27. The van der Waals surface area contributed by atoms with E-state index in [0.29, 0.717) is 10.5 Å². The number of halogens is 1. The smallest absolute Gasteiger partial charge is 0.0948 e. The third-order valence-corrected chi connectivity index (χ3v) is 3.80. The molecule has 2 atom stereocenters. The maximum absolute atomic E-state index is 8.72. The Bertz CT molecular complexity index is 327. The number of hydrogen-bond donors (Lipinski definition) is 1. The summed E-state index contributed by atoms with van der Waals surface area (Å²) < 4.78 is 6.34. The van der Waals surface area contributed by atoms with E-state index in [9.17, 15) is 0 Å². The molecule has 3 heteroatoms. The van der Waals surface area contributed by atoms with Crippen LogP contribution in [0, 0.1) is 0 Å². The lowest BCUT2D eigenvalue weighted by Crippen LogP contribution is -2.12. The number of rotatable bonds is 4. The molecule has 0 heterocycles. The summed E-state index contributed by atoms with van der Waals surface area (Å²) in [6, 6.07) is 8.47. The van der Waals surface area contributed by atoms with Gasteiger partial charge in [-0.25, -0.2) is 0 Å². The molecule has 1 aromatic rings. The maximum Gasteiger partial charge on any atom is 0.0948 e. The van der Waals surface area contributed by atoms with Crippen LogP contribution in [-0.2, 0) is 11.2 Å². The van der Waals surface area contributed by atoms with E-state index in [1.165, 1.54) is 11.1 Å². The third-order valence-electron chi connectivity index (χ3n) is 2.70. The monoisotopic (exact) mass is 318 g/mol. The van der Waals surface area contributed by atoms with Crippen molar-refractivity contribution in [3.8, 4) is 0 Å². The van der Waals surface area contributed by atoms with Crippen molar-refractivity contribution in [2.24, 2.45) is 0 Å². The normalized spacial score (nSPS) is 24.1. The molecule has 1 aromatic carbocycles. The van der Waals surface area contributed by atoms with Gasteiger partial charge in [-0.2, -0.15) is 0 Å². The first kappa shape index (κ1) is 11.4. The SMILES string of the molecule is OCCCO[C@@H]1c2ccccc2C[C@H]1I. The Morgan fingerprint density at radius 3 is 3.00 bits per heavy atom. The number of aliphatic hydroxyl groups excluding tert-OH is 1. The van der Waals surface area contributed by atoms with Crippen molar-refractivity contribution in [1.29, 1.82) is 0 Å². The molecule has 1 N–H and O–H groups in total. The minimum Gasteiger partial charge on any atom is -0.396 e. The van der Waals surface area contributed by atoms with Crippen LogP contribution in [0.2, 0.25) is 0 Å². The van der Waals surface area contributed by atoms with E-state index < -0.39 is 0 Å². The third kappa shape index (κ3) is 2.52. The summed E-state index contributed by atoms with van der Waals surface area (Å²) >= 11 is 2.45. The van der Waals surface area contributed by atoms with Crippen LogP contribution < -0.4 is 0 Å². The Kier molecular flexibility index (Phi) is 3.99. The zero-order chi connectivity index (χ0) is 10.7. The van der Waals surface area contributed by atoms with Gasteiger partial charge in [-0.1, -0.05) is 46.9 Å². The lowest BCUT2D eigenvalue weighted by molar-refractivity contribution is 0.0506. The van der Waals surface area contributed by atoms with E-state index in [2.05, 4.69) is 46.9 Å². The first-order valence-corrected chi connectivity index (χ1v) is 6.52. The van der Waals surface area contributed by atoms with Crippen molar-refractivity contribution >= 4 is 22.6 Å². The summed E-state index contributed by atoms with van der Waals surface area (Å²) in [5.74, 6) is 0. The van der Waals surface area contributed by atoms with Crippen LogP contribution in [0.15, 0.2) is 24.3 Å². The topological polar surface area (TPSA) is 29.5 Å². The molecule has 82 valence electrons. The summed E-state index contributed by atoms with van der Waals surface area (Å²) in [6.07, 6.45) is 2.04. The summed E-state index contributed by atoms with van der Waals surface area (Å²) in [7, 11) is 0. The van der Waals surface area contributed by atoms with Gasteiger partial charge in [0.25, 0.3) is 0 Å². The van der Waals surface area contributed by atoms with Gasteiger partial charge in [0.05, 0.1) is 6.10 Å². The van der Waals surface area contributed by atoms with E-state index in [1.54, 1.807) is 0 Å². The van der Waals surface area contributed by atoms with Gasteiger partial charge in [0.15, 0.2) is 0 Å². The van der Waals surface area contributed by atoms with Crippen LogP contribution in [0.25, 0.3) is 0 Å². The predicted molar refractivity (Wildman–Crippen MR) is 68.3 cm³/mol. The molecule has 0 aliphatic heterocycles. The number of alkyl halides is 1. The van der Waals surface area contributed by atoms with Gasteiger partial charge in [0.1, 0.15) is 0 Å². The predicted octanol–water partition coefficient (Wildman–Crippen LogP) is 2.49. The van der Waals surface area contributed by atoms with Gasteiger partial charge in [-0.3, -0.25) is 0 Å². The summed E-state index contributed by atoms with van der Waals surface area (Å²) in [5, 5.41) is 8.72. The summed E-state index contributed by atoms with van der Waals surface area (Å²) in [6.45, 7) is 0.856. The number of benzene rings is 1. The Morgan fingerprint density at radius 2 is 2.20 bits per heavy atom. The molecule has 0 amide bonds. The van der Waals surface area contributed by atoms with E-state index in [0.717, 1.165) is 12.8 Å². The van der Waals surface area contributed by atoms with Crippen molar-refractivity contribution in [2.45, 2.75) is 22.9 Å². The zero-order valence-electron chi connectivity index (χ0n) is 8.53. The molecular weight excluding hydrogens is 303 g/mol. The van der Waals surface area contributed by atoms with Crippen molar-refractivity contribution < 1.29 is 9.84 Å². The standard InChI is InChI=1S/C12H15IO2/c13-11-8-9-4-1-2-5-10(9)12(11)15-7-3-6-14/h1-2,4-5,11-12,14H,3,6-8H2/t11-,12-/m1/s1. The number of hydrogen-bond acceptors (Lipinski definition) is 2. The number of fused-ring (bicyclic) bond motifs is 1. The van der Waals surface area contributed by atoms with Gasteiger partial charge in [0, 0.05) is 17.1 Å². The van der Waals surface area contributed by atoms with E-state index >= 15 is 0 Å². The fraction of sp³-hybridized carbons (Fsp3) is 0.500. The zero-order valence-corrected chi connectivity index (χ0v) is 10.7. The highest BCUT2D eigenvalue weighted by atomic mass is 127. The van der Waals surface area contributed by atoms with Crippen molar-refractivity contribution in [2.75, 3.05) is 13.2 Å². The fourth-order valence-electron chi connectivity index (χ4n) is 1.98. The van der Waals surface area contributed by atoms with Gasteiger partial charge in [-0.15, -0.1) is 0 Å². The van der Waals surface area contributed by atoms with Crippen LogP contribution in [0.3, 0.4) is 0 Å². The lowest BCUT2D eigenvalue weighted by Gasteiger charge is -2.16. The average Bonchev–Trinajstić information content (AvgIpc) is 2.56. The van der Waals surface area contributed by atoms with Gasteiger partial charge >= 0.3 is 0 Å². The highest BCUT2D eigenvalue weighted by Crippen LogP contribution is 2.38. The van der Waals surface area contributed by atoms with E-state index in [1.807, 2.05) is 0 Å². The van der Waals surface area contributed by atoms with Crippen molar-refractivity contribution in [3.63, 3.8) is 0 Å². The fourth-order valence-corrected chi connectivity index (χ4v) is 3.05. The molecule has 2 rings (SSSR count). The summed E-state index contributed by atoms with van der Waals surface area (Å²) in [4.78, 5) is 0. The molecule has 0 spiro atoms. The highest BCUT2D eigenvalue weighted by Gasteiger charge is 2.30. The van der Waals surface area contributed by atoms with E-state index in [-0.39, 0.29) is 12.7 Å².